The Balaban J connectivity index is 2.18. The highest BCUT2D eigenvalue weighted by atomic mass is 127. The van der Waals surface area contributed by atoms with Crippen LogP contribution in [0.25, 0.3) is 0 Å². The monoisotopic (exact) mass is 372 g/mol. The molecule has 0 aromatic heterocycles. The first-order chi connectivity index (χ1) is 9.07. The summed E-state index contributed by atoms with van der Waals surface area (Å²) in [6.07, 6.45) is 4.09. The second-order valence-corrected chi connectivity index (χ2v) is 6.00. The Morgan fingerprint density at radius 2 is 2.05 bits per heavy atom. The maximum Gasteiger partial charge on any atom is 0.244 e. The van der Waals surface area contributed by atoms with E-state index in [1.807, 2.05) is 22.6 Å². The summed E-state index contributed by atoms with van der Waals surface area (Å²) < 4.78 is 13.6. The average Bonchev–Trinajstić information content (AvgIpc) is 2.42. The van der Waals surface area contributed by atoms with Crippen LogP contribution in [0.3, 0.4) is 0 Å². The van der Waals surface area contributed by atoms with Gasteiger partial charge < -0.3 is 5.32 Å². The van der Waals surface area contributed by atoms with Crippen LogP contribution in [0.5, 0.6) is 0 Å². The number of amides is 1. The van der Waals surface area contributed by atoms with Gasteiger partial charge in [0.1, 0.15) is 11.2 Å². The number of rotatable bonds is 2. The van der Waals surface area contributed by atoms with Gasteiger partial charge in [-0.1, -0.05) is 19.3 Å². The van der Waals surface area contributed by atoms with Gasteiger partial charge in [-0.05, 0) is 53.6 Å². The van der Waals surface area contributed by atoms with Crippen molar-refractivity contribution in [1.82, 2.24) is 0 Å². The topological polar surface area (TPSA) is 52.9 Å². The summed E-state index contributed by atoms with van der Waals surface area (Å²) >= 11 is 1.97. The first-order valence-electron chi connectivity index (χ1n) is 6.25. The number of carbonyl (C=O) groups is 1. The van der Waals surface area contributed by atoms with Crippen LogP contribution in [0.4, 0.5) is 10.1 Å². The predicted molar refractivity (Wildman–Crippen MR) is 78.9 cm³/mol. The lowest BCUT2D eigenvalue weighted by Crippen LogP contribution is -2.37. The normalized spacial score (nSPS) is 17.5. The summed E-state index contributed by atoms with van der Waals surface area (Å²) in [7, 11) is 0. The molecule has 1 saturated carbocycles. The van der Waals surface area contributed by atoms with Crippen molar-refractivity contribution in [2.24, 2.45) is 5.41 Å². The molecule has 1 N–H and O–H groups in total. The molecule has 19 heavy (non-hydrogen) atoms. The van der Waals surface area contributed by atoms with E-state index in [0.717, 1.165) is 19.3 Å². The van der Waals surface area contributed by atoms with Crippen molar-refractivity contribution in [3.05, 3.63) is 27.6 Å². The molecule has 1 aliphatic rings. The van der Waals surface area contributed by atoms with E-state index in [0.29, 0.717) is 22.1 Å². The summed E-state index contributed by atoms with van der Waals surface area (Å²) in [5.74, 6) is -0.603. The van der Waals surface area contributed by atoms with E-state index < -0.39 is 5.41 Å². The van der Waals surface area contributed by atoms with E-state index in [1.54, 1.807) is 0 Å². The van der Waals surface area contributed by atoms with Crippen molar-refractivity contribution in [2.45, 2.75) is 32.1 Å². The van der Waals surface area contributed by atoms with Crippen LogP contribution < -0.4 is 5.32 Å². The van der Waals surface area contributed by atoms with Gasteiger partial charge in [0, 0.05) is 3.57 Å². The second kappa shape index (κ2) is 5.87. The fraction of sp³-hybridized carbons (Fsp3) is 0.429. The van der Waals surface area contributed by atoms with Crippen molar-refractivity contribution in [3.8, 4) is 6.07 Å². The Morgan fingerprint density at radius 3 is 2.63 bits per heavy atom. The molecule has 0 radical (unpaired) electrons. The van der Waals surface area contributed by atoms with Crippen molar-refractivity contribution >= 4 is 34.2 Å². The molecule has 1 aliphatic carbocycles. The van der Waals surface area contributed by atoms with E-state index >= 15 is 0 Å². The summed E-state index contributed by atoms with van der Waals surface area (Å²) in [6, 6.07) is 6.37. The van der Waals surface area contributed by atoms with Crippen LogP contribution in [0, 0.1) is 26.1 Å². The number of benzene rings is 1. The highest BCUT2D eigenvalue weighted by Crippen LogP contribution is 2.37. The fourth-order valence-corrected chi connectivity index (χ4v) is 2.99. The third-order valence-electron chi connectivity index (χ3n) is 3.54. The van der Waals surface area contributed by atoms with Crippen molar-refractivity contribution in [3.63, 3.8) is 0 Å². The smallest absolute Gasteiger partial charge is 0.244 e. The third kappa shape index (κ3) is 3.06. The molecular formula is C14H14FIN2O. The molecular weight excluding hydrogens is 358 g/mol. The zero-order valence-corrected chi connectivity index (χ0v) is 12.5. The van der Waals surface area contributed by atoms with E-state index in [2.05, 4.69) is 11.4 Å². The van der Waals surface area contributed by atoms with Gasteiger partial charge in [0.25, 0.3) is 0 Å². The molecule has 0 heterocycles. The van der Waals surface area contributed by atoms with Gasteiger partial charge in [0.05, 0.1) is 11.8 Å². The van der Waals surface area contributed by atoms with Gasteiger partial charge >= 0.3 is 0 Å². The van der Waals surface area contributed by atoms with Crippen LogP contribution >= 0.6 is 22.6 Å². The third-order valence-corrected chi connectivity index (χ3v) is 4.43. The minimum Gasteiger partial charge on any atom is -0.324 e. The summed E-state index contributed by atoms with van der Waals surface area (Å²) in [5, 5.41) is 12.1. The fourth-order valence-electron chi connectivity index (χ4n) is 2.38. The zero-order valence-electron chi connectivity index (χ0n) is 10.4. The van der Waals surface area contributed by atoms with Gasteiger partial charge in [0.2, 0.25) is 5.91 Å². The first kappa shape index (κ1) is 14.3. The molecule has 1 fully saturated rings. The summed E-state index contributed by atoms with van der Waals surface area (Å²) in [5.41, 5.74) is -0.359. The number of hydrogen-bond donors (Lipinski definition) is 1. The van der Waals surface area contributed by atoms with E-state index in [1.165, 1.54) is 18.2 Å². The summed E-state index contributed by atoms with van der Waals surface area (Å²) in [4.78, 5) is 12.3. The first-order valence-corrected chi connectivity index (χ1v) is 7.33. The van der Waals surface area contributed by atoms with Crippen LogP contribution in [0.1, 0.15) is 32.1 Å². The molecule has 0 spiro atoms. The lowest BCUT2D eigenvalue weighted by atomic mass is 9.74. The Bertz CT molecular complexity index is 533. The Hall–Kier alpha value is -1.16. The van der Waals surface area contributed by atoms with E-state index in [-0.39, 0.29) is 11.7 Å². The number of anilines is 1. The summed E-state index contributed by atoms with van der Waals surface area (Å²) in [6.45, 7) is 0. The van der Waals surface area contributed by atoms with E-state index in [4.69, 9.17) is 0 Å². The second-order valence-electron chi connectivity index (χ2n) is 4.83. The number of nitrogens with zero attached hydrogens (tertiary/aromatic N) is 1. The quantitative estimate of drug-likeness (QED) is 0.802. The van der Waals surface area contributed by atoms with Crippen LogP contribution in [-0.2, 0) is 4.79 Å². The van der Waals surface area contributed by atoms with Gasteiger partial charge in [0.15, 0.2) is 0 Å². The Labute approximate surface area is 125 Å². The molecule has 1 aromatic carbocycles. The molecule has 2 rings (SSSR count). The van der Waals surface area contributed by atoms with Gasteiger partial charge in [-0.2, -0.15) is 5.26 Å². The molecule has 0 aliphatic heterocycles. The standard InChI is InChI=1S/C14H14FIN2O/c15-10-4-5-12(11(16)8-10)18-13(19)14(9-17)6-2-1-3-7-14/h4-5,8H,1-3,6-7H2,(H,18,19). The maximum absolute atomic E-state index is 13.0. The Kier molecular flexibility index (Phi) is 4.40. The SMILES string of the molecule is N#CC1(C(=O)Nc2ccc(F)cc2I)CCCCC1. The highest BCUT2D eigenvalue weighted by Gasteiger charge is 2.39. The highest BCUT2D eigenvalue weighted by molar-refractivity contribution is 14.1. The molecule has 0 saturated heterocycles. The molecule has 0 unspecified atom stereocenters. The molecule has 5 heteroatoms. The maximum atomic E-state index is 13.0. The van der Waals surface area contributed by atoms with Crippen molar-refractivity contribution in [1.29, 1.82) is 5.26 Å². The minimum atomic E-state index is -0.921. The molecule has 100 valence electrons. The number of nitrogens with one attached hydrogen (secondary N) is 1. The lowest BCUT2D eigenvalue weighted by Gasteiger charge is -2.29. The molecule has 3 nitrogen and oxygen atoms in total. The van der Waals surface area contributed by atoms with Crippen molar-refractivity contribution < 1.29 is 9.18 Å². The number of carbonyl (C=O) groups excluding carboxylic acids is 1. The number of hydrogen-bond acceptors (Lipinski definition) is 2. The van der Waals surface area contributed by atoms with Crippen LogP contribution in [0.15, 0.2) is 18.2 Å². The van der Waals surface area contributed by atoms with Gasteiger partial charge in [-0.3, -0.25) is 4.79 Å². The van der Waals surface area contributed by atoms with Crippen molar-refractivity contribution in [2.75, 3.05) is 5.32 Å². The van der Waals surface area contributed by atoms with Crippen LogP contribution in [-0.4, -0.2) is 5.91 Å². The molecule has 0 bridgehead atoms. The minimum absolute atomic E-state index is 0.265. The Morgan fingerprint density at radius 1 is 1.37 bits per heavy atom. The van der Waals surface area contributed by atoms with Gasteiger partial charge in [-0.25, -0.2) is 4.39 Å². The largest absolute Gasteiger partial charge is 0.324 e. The lowest BCUT2D eigenvalue weighted by molar-refractivity contribution is -0.124. The average molecular weight is 372 g/mol. The van der Waals surface area contributed by atoms with Gasteiger partial charge in [-0.15, -0.1) is 0 Å². The zero-order chi connectivity index (χ0) is 13.9. The van der Waals surface area contributed by atoms with Crippen LogP contribution in [0.2, 0.25) is 0 Å². The van der Waals surface area contributed by atoms with E-state index in [9.17, 15) is 14.4 Å². The predicted octanol–water partition coefficient (Wildman–Crippen LogP) is 3.84. The number of halogens is 2. The molecule has 1 amide bonds. The molecule has 0 atom stereocenters. The molecule has 1 aromatic rings. The number of nitriles is 1.